The highest BCUT2D eigenvalue weighted by Gasteiger charge is 2.16. The summed E-state index contributed by atoms with van der Waals surface area (Å²) in [4.78, 5) is 16.2. The van der Waals surface area contributed by atoms with Gasteiger partial charge in [0, 0.05) is 36.5 Å². The summed E-state index contributed by atoms with van der Waals surface area (Å²) in [5.74, 6) is 0.000463. The van der Waals surface area contributed by atoms with Crippen LogP contribution in [0.25, 0.3) is 0 Å². The highest BCUT2D eigenvalue weighted by Crippen LogP contribution is 2.20. The molecule has 0 radical (unpaired) electrons. The van der Waals surface area contributed by atoms with Gasteiger partial charge in [-0.2, -0.15) is 5.10 Å². The molecule has 0 unspecified atom stereocenters. The average Bonchev–Trinajstić information content (AvgIpc) is 2.57. The molecule has 2 aromatic rings. The molecular formula is C13H14ClN3O. The number of carbonyl (C=O) groups excluding carboxylic acids is 1. The molecule has 0 aliphatic heterocycles. The van der Waals surface area contributed by atoms with Gasteiger partial charge in [-0.05, 0) is 26.0 Å². The van der Waals surface area contributed by atoms with Crippen LogP contribution in [-0.2, 0) is 13.5 Å². The molecular weight excluding hydrogens is 250 g/mol. The first-order chi connectivity index (χ1) is 8.49. The zero-order valence-corrected chi connectivity index (χ0v) is 11.3. The van der Waals surface area contributed by atoms with Crippen molar-refractivity contribution in [2.24, 2.45) is 7.05 Å². The molecule has 18 heavy (non-hydrogen) atoms. The van der Waals surface area contributed by atoms with E-state index in [9.17, 15) is 4.79 Å². The van der Waals surface area contributed by atoms with Crippen LogP contribution in [0.2, 0.25) is 5.15 Å². The van der Waals surface area contributed by atoms with Crippen molar-refractivity contribution in [2.75, 3.05) is 0 Å². The second-order valence-electron chi connectivity index (χ2n) is 4.27. The summed E-state index contributed by atoms with van der Waals surface area (Å²) in [5.41, 5.74) is 3.06. The SMILES string of the molecule is Cc1ccc(C(=O)Cc2c(C)nn(C)c2Cl)cn1. The standard InChI is InChI=1S/C13H14ClN3O/c1-8-4-5-10(7-15-8)12(18)6-11-9(2)16-17(3)13(11)14/h4-5,7H,6H2,1-3H3. The van der Waals surface area contributed by atoms with Gasteiger partial charge in [0.2, 0.25) is 0 Å². The van der Waals surface area contributed by atoms with E-state index in [1.165, 1.54) is 0 Å². The third-order valence-electron chi connectivity index (χ3n) is 2.84. The number of rotatable bonds is 3. The third-order valence-corrected chi connectivity index (χ3v) is 3.31. The Morgan fingerprint density at radius 2 is 2.11 bits per heavy atom. The fraction of sp³-hybridized carbons (Fsp3) is 0.308. The molecule has 2 rings (SSSR count). The maximum atomic E-state index is 12.1. The molecule has 0 saturated heterocycles. The summed E-state index contributed by atoms with van der Waals surface area (Å²) in [6.07, 6.45) is 1.85. The molecule has 5 heteroatoms. The summed E-state index contributed by atoms with van der Waals surface area (Å²) in [6.45, 7) is 3.73. The van der Waals surface area contributed by atoms with Gasteiger partial charge in [-0.25, -0.2) is 0 Å². The number of pyridine rings is 1. The summed E-state index contributed by atoms with van der Waals surface area (Å²) >= 11 is 6.10. The van der Waals surface area contributed by atoms with Crippen molar-refractivity contribution in [1.82, 2.24) is 14.8 Å². The maximum absolute atomic E-state index is 12.1. The predicted octanol–water partition coefficient (Wildman–Crippen LogP) is 2.51. The van der Waals surface area contributed by atoms with E-state index in [0.717, 1.165) is 17.0 Å². The topological polar surface area (TPSA) is 47.8 Å². The average molecular weight is 264 g/mol. The van der Waals surface area contributed by atoms with E-state index in [-0.39, 0.29) is 12.2 Å². The van der Waals surface area contributed by atoms with Crippen molar-refractivity contribution in [2.45, 2.75) is 20.3 Å². The first-order valence-corrected chi connectivity index (χ1v) is 6.00. The summed E-state index contributed by atoms with van der Waals surface area (Å²) < 4.78 is 1.58. The predicted molar refractivity (Wildman–Crippen MR) is 70.0 cm³/mol. The number of halogens is 1. The number of aryl methyl sites for hydroxylation is 3. The van der Waals surface area contributed by atoms with Gasteiger partial charge < -0.3 is 0 Å². The summed E-state index contributed by atoms with van der Waals surface area (Å²) in [7, 11) is 1.76. The fourth-order valence-corrected chi connectivity index (χ4v) is 2.01. The largest absolute Gasteiger partial charge is 0.294 e. The van der Waals surface area contributed by atoms with Crippen LogP contribution in [0.15, 0.2) is 18.3 Å². The van der Waals surface area contributed by atoms with Crippen molar-refractivity contribution >= 4 is 17.4 Å². The number of hydrogen-bond acceptors (Lipinski definition) is 3. The Hall–Kier alpha value is -1.68. The van der Waals surface area contributed by atoms with Gasteiger partial charge in [0.25, 0.3) is 0 Å². The molecule has 2 aromatic heterocycles. The van der Waals surface area contributed by atoms with Gasteiger partial charge in [-0.3, -0.25) is 14.5 Å². The molecule has 0 atom stereocenters. The Balaban J connectivity index is 2.24. The molecule has 0 bridgehead atoms. The van der Waals surface area contributed by atoms with Crippen molar-refractivity contribution in [3.8, 4) is 0 Å². The van der Waals surface area contributed by atoms with Crippen molar-refractivity contribution in [3.05, 3.63) is 46.0 Å². The lowest BCUT2D eigenvalue weighted by Crippen LogP contribution is -2.05. The number of carbonyl (C=O) groups is 1. The quantitative estimate of drug-likeness (QED) is 0.800. The van der Waals surface area contributed by atoms with Crippen LogP contribution in [0, 0.1) is 13.8 Å². The Labute approximate surface area is 111 Å². The van der Waals surface area contributed by atoms with E-state index in [4.69, 9.17) is 11.6 Å². The van der Waals surface area contributed by atoms with Crippen LogP contribution < -0.4 is 0 Å². The Kier molecular flexibility index (Phi) is 3.48. The normalized spacial score (nSPS) is 10.7. The zero-order chi connectivity index (χ0) is 13.3. The van der Waals surface area contributed by atoms with Gasteiger partial charge in [0.15, 0.2) is 5.78 Å². The molecule has 0 N–H and O–H groups in total. The molecule has 2 heterocycles. The lowest BCUT2D eigenvalue weighted by molar-refractivity contribution is 0.0992. The molecule has 0 aliphatic carbocycles. The summed E-state index contributed by atoms with van der Waals surface area (Å²) in [6, 6.07) is 3.61. The van der Waals surface area contributed by atoms with Crippen LogP contribution in [0.5, 0.6) is 0 Å². The third kappa shape index (κ3) is 2.43. The smallest absolute Gasteiger partial charge is 0.168 e. The Morgan fingerprint density at radius 3 is 2.61 bits per heavy atom. The number of aromatic nitrogens is 3. The number of hydrogen-bond donors (Lipinski definition) is 0. The lowest BCUT2D eigenvalue weighted by atomic mass is 10.1. The minimum absolute atomic E-state index is 0.000463. The number of Topliss-reactive ketones (excluding diaryl/α,β-unsaturated/α-hetero) is 1. The summed E-state index contributed by atoms with van der Waals surface area (Å²) in [5, 5.41) is 4.70. The van der Waals surface area contributed by atoms with Gasteiger partial charge >= 0.3 is 0 Å². The molecule has 0 spiro atoms. The molecule has 0 saturated carbocycles. The van der Waals surface area contributed by atoms with Crippen molar-refractivity contribution in [1.29, 1.82) is 0 Å². The Morgan fingerprint density at radius 1 is 1.39 bits per heavy atom. The van der Waals surface area contributed by atoms with Crippen LogP contribution in [-0.4, -0.2) is 20.5 Å². The molecule has 0 aliphatic rings. The van der Waals surface area contributed by atoms with E-state index in [1.54, 1.807) is 24.0 Å². The first kappa shape index (κ1) is 12.8. The highest BCUT2D eigenvalue weighted by atomic mass is 35.5. The second kappa shape index (κ2) is 4.90. The van der Waals surface area contributed by atoms with E-state index >= 15 is 0 Å². The fourth-order valence-electron chi connectivity index (χ4n) is 1.77. The van der Waals surface area contributed by atoms with Crippen molar-refractivity contribution < 1.29 is 4.79 Å². The van der Waals surface area contributed by atoms with Crippen molar-refractivity contribution in [3.63, 3.8) is 0 Å². The van der Waals surface area contributed by atoms with E-state index < -0.39 is 0 Å². The van der Waals surface area contributed by atoms with Crippen LogP contribution >= 0.6 is 11.6 Å². The highest BCUT2D eigenvalue weighted by molar-refractivity contribution is 6.30. The van der Waals surface area contributed by atoms with Crippen LogP contribution in [0.4, 0.5) is 0 Å². The second-order valence-corrected chi connectivity index (χ2v) is 4.62. The van der Waals surface area contributed by atoms with Gasteiger partial charge in [-0.15, -0.1) is 0 Å². The lowest BCUT2D eigenvalue weighted by Gasteiger charge is -2.01. The van der Waals surface area contributed by atoms with Gasteiger partial charge in [0.1, 0.15) is 5.15 Å². The monoisotopic (exact) mass is 263 g/mol. The zero-order valence-electron chi connectivity index (χ0n) is 10.6. The molecule has 0 fully saturated rings. The van der Waals surface area contributed by atoms with Gasteiger partial charge in [-0.1, -0.05) is 11.6 Å². The number of nitrogens with zero attached hydrogens (tertiary/aromatic N) is 3. The molecule has 0 amide bonds. The Bertz CT molecular complexity index is 587. The molecule has 4 nitrogen and oxygen atoms in total. The van der Waals surface area contributed by atoms with E-state index in [0.29, 0.717) is 10.7 Å². The van der Waals surface area contributed by atoms with Gasteiger partial charge in [0.05, 0.1) is 5.69 Å². The minimum atomic E-state index is 0.000463. The van der Waals surface area contributed by atoms with Crippen LogP contribution in [0.1, 0.15) is 27.3 Å². The molecule has 0 aromatic carbocycles. The first-order valence-electron chi connectivity index (χ1n) is 5.63. The van der Waals surface area contributed by atoms with E-state index in [2.05, 4.69) is 10.1 Å². The number of ketones is 1. The maximum Gasteiger partial charge on any atom is 0.168 e. The molecule has 94 valence electrons. The van der Waals surface area contributed by atoms with E-state index in [1.807, 2.05) is 19.9 Å². The van der Waals surface area contributed by atoms with Crippen LogP contribution in [0.3, 0.4) is 0 Å². The minimum Gasteiger partial charge on any atom is -0.294 e.